The molecular formula is C26H37BO6. The molecule has 4 unspecified atom stereocenters. The van der Waals surface area contributed by atoms with E-state index in [1.165, 1.54) is 5.56 Å². The van der Waals surface area contributed by atoms with Gasteiger partial charge in [0.2, 0.25) is 0 Å². The summed E-state index contributed by atoms with van der Waals surface area (Å²) in [7, 11) is -0.371. The second-order valence-electron chi connectivity index (χ2n) is 11.6. The van der Waals surface area contributed by atoms with Gasteiger partial charge in [-0.3, -0.25) is 0 Å². The van der Waals surface area contributed by atoms with Crippen LogP contribution in [0.1, 0.15) is 71.8 Å². The first kappa shape index (κ1) is 23.3. The minimum Gasteiger partial charge on any atom is -0.480 e. The van der Waals surface area contributed by atoms with Gasteiger partial charge in [0.05, 0.1) is 16.8 Å². The number of ether oxygens (including phenoxy) is 2. The molecule has 2 aliphatic heterocycles. The van der Waals surface area contributed by atoms with Gasteiger partial charge < -0.3 is 23.9 Å². The highest BCUT2D eigenvalue weighted by Crippen LogP contribution is 2.70. The molecule has 180 valence electrons. The zero-order valence-corrected chi connectivity index (χ0v) is 20.4. The van der Waals surface area contributed by atoms with Crippen molar-refractivity contribution < 1.29 is 28.7 Å². The van der Waals surface area contributed by atoms with Crippen molar-refractivity contribution >= 4 is 18.6 Å². The van der Waals surface area contributed by atoms with Crippen LogP contribution in [-0.2, 0) is 29.2 Å². The largest absolute Gasteiger partial charge is 0.494 e. The van der Waals surface area contributed by atoms with Gasteiger partial charge in [-0.05, 0) is 94.5 Å². The predicted octanol–water partition coefficient (Wildman–Crippen LogP) is 3.90. The molecule has 2 saturated heterocycles. The summed E-state index contributed by atoms with van der Waals surface area (Å²) >= 11 is 0. The standard InChI is InChI=1S/C26H37BO6/c1-23(2)24(3,4)33-27(32-23)19-8-5-7-18(15-19)26-11-9-20-21(26)16-25(20,10-6-13-31-26)12-14-30-17-22(28)29/h5,7-8,15,20-21H,6,9-14,16-17H2,1-4H3,(H,28,29). The molecule has 1 aromatic carbocycles. The lowest BCUT2D eigenvalue weighted by Gasteiger charge is -2.59. The first-order valence-electron chi connectivity index (χ1n) is 12.5. The maximum absolute atomic E-state index is 10.8. The van der Waals surface area contributed by atoms with Gasteiger partial charge in [-0.25, -0.2) is 4.79 Å². The Bertz CT molecular complexity index is 900. The van der Waals surface area contributed by atoms with Crippen molar-refractivity contribution in [1.29, 1.82) is 0 Å². The second-order valence-corrected chi connectivity index (χ2v) is 11.6. The van der Waals surface area contributed by atoms with Gasteiger partial charge in [0.1, 0.15) is 6.61 Å². The fraction of sp³-hybridized carbons (Fsp3) is 0.731. The van der Waals surface area contributed by atoms with E-state index in [1.54, 1.807) is 0 Å². The maximum atomic E-state index is 10.8. The first-order chi connectivity index (χ1) is 15.6. The Hall–Kier alpha value is -1.41. The lowest BCUT2D eigenvalue weighted by Crippen LogP contribution is -2.54. The Balaban J connectivity index is 1.36. The molecular weight excluding hydrogens is 419 g/mol. The maximum Gasteiger partial charge on any atom is 0.494 e. The molecule has 2 heterocycles. The molecule has 4 aliphatic rings. The van der Waals surface area contributed by atoms with Crippen molar-refractivity contribution in [3.05, 3.63) is 29.8 Å². The molecule has 0 amide bonds. The Labute approximate surface area is 197 Å². The van der Waals surface area contributed by atoms with Crippen LogP contribution in [0.25, 0.3) is 0 Å². The van der Waals surface area contributed by atoms with E-state index in [4.69, 9.17) is 23.9 Å². The van der Waals surface area contributed by atoms with Crippen molar-refractivity contribution in [1.82, 2.24) is 0 Å². The van der Waals surface area contributed by atoms with Crippen LogP contribution in [0.4, 0.5) is 0 Å². The number of fused-ring (bicyclic) bond motifs is 2. The number of carboxylic acids is 1. The summed E-state index contributed by atoms with van der Waals surface area (Å²) in [5, 5.41) is 8.87. The second kappa shape index (κ2) is 8.08. The van der Waals surface area contributed by atoms with Crippen molar-refractivity contribution in [3.8, 4) is 0 Å². The highest BCUT2D eigenvalue weighted by atomic mass is 16.7. The summed E-state index contributed by atoms with van der Waals surface area (Å²) in [5.74, 6) is 0.226. The number of hydrogen-bond acceptors (Lipinski definition) is 5. The van der Waals surface area contributed by atoms with Crippen LogP contribution in [0.15, 0.2) is 24.3 Å². The number of aliphatic carboxylic acids is 1. The third-order valence-electron chi connectivity index (χ3n) is 9.37. The molecule has 0 spiro atoms. The van der Waals surface area contributed by atoms with E-state index in [2.05, 4.69) is 52.0 Å². The molecule has 7 heteroatoms. The average molecular weight is 456 g/mol. The van der Waals surface area contributed by atoms with Gasteiger partial charge in [0, 0.05) is 13.2 Å². The van der Waals surface area contributed by atoms with Gasteiger partial charge in [-0.1, -0.05) is 24.3 Å². The molecule has 6 nitrogen and oxygen atoms in total. The van der Waals surface area contributed by atoms with Gasteiger partial charge in [0.25, 0.3) is 0 Å². The van der Waals surface area contributed by atoms with Gasteiger partial charge >= 0.3 is 13.1 Å². The zero-order chi connectivity index (χ0) is 23.5. The summed E-state index contributed by atoms with van der Waals surface area (Å²) in [6, 6.07) is 8.69. The molecule has 33 heavy (non-hydrogen) atoms. The Morgan fingerprint density at radius 3 is 2.64 bits per heavy atom. The van der Waals surface area contributed by atoms with Crippen molar-refractivity contribution in [2.45, 2.75) is 83.0 Å². The van der Waals surface area contributed by atoms with Gasteiger partial charge in [-0.15, -0.1) is 0 Å². The van der Waals surface area contributed by atoms with E-state index < -0.39 is 5.97 Å². The lowest BCUT2D eigenvalue weighted by atomic mass is 9.49. The molecule has 4 fully saturated rings. The fourth-order valence-electron chi connectivity index (χ4n) is 6.91. The Morgan fingerprint density at radius 1 is 1.15 bits per heavy atom. The van der Waals surface area contributed by atoms with Crippen LogP contribution >= 0.6 is 0 Å². The molecule has 2 bridgehead atoms. The van der Waals surface area contributed by atoms with Gasteiger partial charge in [0.15, 0.2) is 0 Å². The molecule has 0 radical (unpaired) electrons. The van der Waals surface area contributed by atoms with Crippen LogP contribution in [0, 0.1) is 17.3 Å². The molecule has 1 aromatic rings. The topological polar surface area (TPSA) is 74.2 Å². The predicted molar refractivity (Wildman–Crippen MR) is 125 cm³/mol. The molecule has 4 atom stereocenters. The SMILES string of the molecule is CC1(C)OB(c2cccc(C34CCC5C3CC5(CCOCC(=O)O)CCCO4)c2)OC1(C)C. The molecule has 2 aliphatic carbocycles. The number of hydrogen-bond donors (Lipinski definition) is 1. The normalized spacial score (nSPS) is 36.2. The summed E-state index contributed by atoms with van der Waals surface area (Å²) in [4.78, 5) is 10.8. The number of benzene rings is 1. The summed E-state index contributed by atoms with van der Waals surface area (Å²) in [6.45, 7) is 9.43. The van der Waals surface area contributed by atoms with Crippen molar-refractivity contribution in [3.63, 3.8) is 0 Å². The van der Waals surface area contributed by atoms with E-state index in [9.17, 15) is 4.79 Å². The summed E-state index contributed by atoms with van der Waals surface area (Å²) < 4.78 is 24.8. The van der Waals surface area contributed by atoms with Crippen LogP contribution in [0.2, 0.25) is 0 Å². The third kappa shape index (κ3) is 3.76. The molecule has 5 rings (SSSR count). The number of carbonyl (C=O) groups is 1. The first-order valence-corrected chi connectivity index (χ1v) is 12.5. The van der Waals surface area contributed by atoms with E-state index in [0.717, 1.165) is 50.6 Å². The lowest BCUT2D eigenvalue weighted by molar-refractivity contribution is -0.183. The van der Waals surface area contributed by atoms with E-state index in [1.807, 2.05) is 0 Å². The molecule has 0 aromatic heterocycles. The third-order valence-corrected chi connectivity index (χ3v) is 9.37. The Morgan fingerprint density at radius 2 is 1.91 bits per heavy atom. The quantitative estimate of drug-likeness (QED) is 0.496. The minimum absolute atomic E-state index is 0.205. The van der Waals surface area contributed by atoms with Crippen LogP contribution < -0.4 is 5.46 Å². The Kier molecular flexibility index (Phi) is 5.71. The molecule has 1 N–H and O–H groups in total. The van der Waals surface area contributed by atoms with E-state index in [-0.39, 0.29) is 35.9 Å². The zero-order valence-electron chi connectivity index (χ0n) is 20.4. The average Bonchev–Trinajstić information content (AvgIpc) is 3.17. The fourth-order valence-corrected chi connectivity index (χ4v) is 6.91. The van der Waals surface area contributed by atoms with Crippen molar-refractivity contribution in [2.75, 3.05) is 19.8 Å². The minimum atomic E-state index is -0.896. The van der Waals surface area contributed by atoms with E-state index >= 15 is 0 Å². The van der Waals surface area contributed by atoms with E-state index in [0.29, 0.717) is 18.4 Å². The smallest absolute Gasteiger partial charge is 0.480 e. The number of carboxylic acid groups (broad SMARTS) is 1. The van der Waals surface area contributed by atoms with Crippen molar-refractivity contribution in [2.24, 2.45) is 17.3 Å². The van der Waals surface area contributed by atoms with Crippen LogP contribution in [-0.4, -0.2) is 49.2 Å². The summed E-state index contributed by atoms with van der Waals surface area (Å²) in [5.41, 5.74) is 1.62. The monoisotopic (exact) mass is 456 g/mol. The summed E-state index contributed by atoms with van der Waals surface area (Å²) in [6.07, 6.45) is 6.47. The highest BCUT2D eigenvalue weighted by molar-refractivity contribution is 6.62. The highest BCUT2D eigenvalue weighted by Gasteiger charge is 2.65. The molecule has 2 saturated carbocycles. The number of rotatable bonds is 7. The van der Waals surface area contributed by atoms with Crippen LogP contribution in [0.5, 0.6) is 0 Å². The van der Waals surface area contributed by atoms with Gasteiger partial charge in [-0.2, -0.15) is 0 Å². The van der Waals surface area contributed by atoms with Crippen LogP contribution in [0.3, 0.4) is 0 Å².